The highest BCUT2D eigenvalue weighted by molar-refractivity contribution is 4.70. The van der Waals surface area contributed by atoms with Gasteiger partial charge in [0.2, 0.25) is 0 Å². The molecule has 0 aromatic heterocycles. The Morgan fingerprint density at radius 3 is 2.06 bits per heavy atom. The Balaban J connectivity index is 2.22. The largest absolute Gasteiger partial charge is 0.350 e. The van der Waals surface area contributed by atoms with Crippen molar-refractivity contribution in [2.75, 3.05) is 13.2 Å². The van der Waals surface area contributed by atoms with Gasteiger partial charge in [-0.3, -0.25) is 0 Å². The topological polar surface area (TPSA) is 18.5 Å². The molecule has 0 aliphatic carbocycles. The molecule has 96 valence electrons. The van der Waals surface area contributed by atoms with Crippen molar-refractivity contribution >= 4 is 0 Å². The van der Waals surface area contributed by atoms with E-state index in [4.69, 9.17) is 9.47 Å². The molecule has 2 nitrogen and oxygen atoms in total. The van der Waals surface area contributed by atoms with Crippen LogP contribution in [0.25, 0.3) is 0 Å². The first-order valence-electron chi connectivity index (χ1n) is 7.11. The molecule has 0 aromatic carbocycles. The molecule has 1 aliphatic heterocycles. The van der Waals surface area contributed by atoms with Crippen LogP contribution in [0.2, 0.25) is 0 Å². The first-order valence-corrected chi connectivity index (χ1v) is 7.11. The van der Waals surface area contributed by atoms with E-state index in [9.17, 15) is 0 Å². The molecular formula is C14H28O2. The number of hydrogen-bond donors (Lipinski definition) is 0. The van der Waals surface area contributed by atoms with Gasteiger partial charge in [-0.05, 0) is 25.7 Å². The molecule has 1 heterocycles. The van der Waals surface area contributed by atoms with Crippen molar-refractivity contribution in [1.82, 2.24) is 0 Å². The van der Waals surface area contributed by atoms with Gasteiger partial charge < -0.3 is 9.47 Å². The maximum Gasteiger partial charge on any atom is 0.168 e. The lowest BCUT2D eigenvalue weighted by atomic mass is 10.0. The average Bonchev–Trinajstić information content (AvgIpc) is 2.55. The Morgan fingerprint density at radius 2 is 1.50 bits per heavy atom. The van der Waals surface area contributed by atoms with Crippen LogP contribution in [0.3, 0.4) is 0 Å². The normalized spacial score (nSPS) is 20.6. The van der Waals surface area contributed by atoms with Gasteiger partial charge in [-0.25, -0.2) is 0 Å². The molecule has 0 saturated carbocycles. The van der Waals surface area contributed by atoms with E-state index in [1.54, 1.807) is 0 Å². The van der Waals surface area contributed by atoms with Gasteiger partial charge >= 0.3 is 0 Å². The number of ether oxygens (including phenoxy) is 2. The minimum Gasteiger partial charge on any atom is -0.350 e. The Kier molecular flexibility index (Phi) is 7.06. The molecule has 2 heteroatoms. The van der Waals surface area contributed by atoms with Crippen LogP contribution >= 0.6 is 0 Å². The molecule has 0 atom stereocenters. The molecule has 0 unspecified atom stereocenters. The molecule has 1 saturated heterocycles. The van der Waals surface area contributed by atoms with Gasteiger partial charge in [-0.15, -0.1) is 0 Å². The van der Waals surface area contributed by atoms with E-state index in [2.05, 4.69) is 13.8 Å². The van der Waals surface area contributed by atoms with Gasteiger partial charge in [-0.2, -0.15) is 0 Å². The second kappa shape index (κ2) is 8.08. The van der Waals surface area contributed by atoms with Crippen LogP contribution in [0.1, 0.15) is 71.6 Å². The third kappa shape index (κ3) is 4.84. The predicted octanol–water partition coefficient (Wildman–Crippen LogP) is 4.28. The Morgan fingerprint density at radius 1 is 0.875 bits per heavy atom. The van der Waals surface area contributed by atoms with Gasteiger partial charge in [0.1, 0.15) is 0 Å². The second-order valence-electron chi connectivity index (χ2n) is 4.83. The van der Waals surface area contributed by atoms with Crippen molar-refractivity contribution in [3.8, 4) is 0 Å². The third-order valence-electron chi connectivity index (χ3n) is 3.47. The van der Waals surface area contributed by atoms with E-state index >= 15 is 0 Å². The summed E-state index contributed by atoms with van der Waals surface area (Å²) in [6.45, 7) is 6.19. The van der Waals surface area contributed by atoms with Gasteiger partial charge in [0.15, 0.2) is 5.79 Å². The van der Waals surface area contributed by atoms with Gasteiger partial charge in [0, 0.05) is 6.42 Å². The zero-order valence-electron chi connectivity index (χ0n) is 11.1. The maximum absolute atomic E-state index is 5.92. The Hall–Kier alpha value is -0.0800. The zero-order chi connectivity index (χ0) is 11.7. The minimum atomic E-state index is -0.247. The SMILES string of the molecule is CCCCCCCC1(CC)OCCCCO1. The quantitative estimate of drug-likeness (QED) is 0.605. The van der Waals surface area contributed by atoms with Gasteiger partial charge in [-0.1, -0.05) is 39.5 Å². The van der Waals surface area contributed by atoms with Crippen LogP contribution in [0.15, 0.2) is 0 Å². The van der Waals surface area contributed by atoms with Crippen LogP contribution in [0.5, 0.6) is 0 Å². The van der Waals surface area contributed by atoms with E-state index < -0.39 is 0 Å². The van der Waals surface area contributed by atoms with Crippen molar-refractivity contribution in [2.45, 2.75) is 77.4 Å². The highest BCUT2D eigenvalue weighted by Gasteiger charge is 2.30. The Bertz CT molecular complexity index is 160. The van der Waals surface area contributed by atoms with Crippen LogP contribution in [-0.4, -0.2) is 19.0 Å². The zero-order valence-corrected chi connectivity index (χ0v) is 11.1. The van der Waals surface area contributed by atoms with Crippen LogP contribution in [0.4, 0.5) is 0 Å². The smallest absolute Gasteiger partial charge is 0.168 e. The van der Waals surface area contributed by atoms with Crippen molar-refractivity contribution < 1.29 is 9.47 Å². The first kappa shape index (κ1) is 14.0. The fraction of sp³-hybridized carbons (Fsp3) is 1.00. The van der Waals surface area contributed by atoms with E-state index in [0.717, 1.165) is 38.9 Å². The van der Waals surface area contributed by atoms with Gasteiger partial charge in [0.25, 0.3) is 0 Å². The molecule has 0 spiro atoms. The molecule has 1 aliphatic rings. The molecule has 0 N–H and O–H groups in total. The summed E-state index contributed by atoms with van der Waals surface area (Å²) in [6.07, 6.45) is 11.0. The molecule has 0 amide bonds. The third-order valence-corrected chi connectivity index (χ3v) is 3.47. The lowest BCUT2D eigenvalue weighted by Crippen LogP contribution is -2.34. The van der Waals surface area contributed by atoms with Gasteiger partial charge in [0.05, 0.1) is 13.2 Å². The molecule has 0 radical (unpaired) electrons. The minimum absolute atomic E-state index is 0.247. The van der Waals surface area contributed by atoms with Crippen molar-refractivity contribution in [3.63, 3.8) is 0 Å². The molecule has 16 heavy (non-hydrogen) atoms. The van der Waals surface area contributed by atoms with Crippen molar-refractivity contribution in [1.29, 1.82) is 0 Å². The lowest BCUT2D eigenvalue weighted by Gasteiger charge is -2.31. The van der Waals surface area contributed by atoms with Crippen molar-refractivity contribution in [2.24, 2.45) is 0 Å². The molecule has 0 bridgehead atoms. The fourth-order valence-electron chi connectivity index (χ4n) is 2.29. The summed E-state index contributed by atoms with van der Waals surface area (Å²) >= 11 is 0. The van der Waals surface area contributed by atoms with Crippen LogP contribution < -0.4 is 0 Å². The van der Waals surface area contributed by atoms with Crippen LogP contribution in [-0.2, 0) is 9.47 Å². The van der Waals surface area contributed by atoms with E-state index in [1.807, 2.05) is 0 Å². The standard InChI is InChI=1S/C14H28O2/c1-3-5-6-7-8-11-14(4-2)15-12-9-10-13-16-14/h3-13H2,1-2H3. The Labute approximate surface area is 101 Å². The summed E-state index contributed by atoms with van der Waals surface area (Å²) in [5, 5.41) is 0. The van der Waals surface area contributed by atoms with E-state index in [1.165, 1.54) is 32.1 Å². The molecule has 1 rings (SSSR count). The summed E-state index contributed by atoms with van der Waals surface area (Å²) in [7, 11) is 0. The number of hydrogen-bond acceptors (Lipinski definition) is 2. The van der Waals surface area contributed by atoms with Crippen molar-refractivity contribution in [3.05, 3.63) is 0 Å². The number of rotatable bonds is 7. The molecular weight excluding hydrogens is 200 g/mol. The summed E-state index contributed by atoms with van der Waals surface area (Å²) in [5.74, 6) is -0.247. The molecule has 1 fully saturated rings. The summed E-state index contributed by atoms with van der Waals surface area (Å²) in [6, 6.07) is 0. The predicted molar refractivity (Wildman–Crippen MR) is 67.5 cm³/mol. The highest BCUT2D eigenvalue weighted by Crippen LogP contribution is 2.28. The number of unbranched alkanes of at least 4 members (excludes halogenated alkanes) is 4. The highest BCUT2D eigenvalue weighted by atomic mass is 16.7. The average molecular weight is 228 g/mol. The van der Waals surface area contributed by atoms with E-state index in [-0.39, 0.29) is 5.79 Å². The molecule has 0 aromatic rings. The summed E-state index contributed by atoms with van der Waals surface area (Å²) < 4.78 is 11.8. The first-order chi connectivity index (χ1) is 7.83. The lowest BCUT2D eigenvalue weighted by molar-refractivity contribution is -0.231. The summed E-state index contributed by atoms with van der Waals surface area (Å²) in [5.41, 5.74) is 0. The monoisotopic (exact) mass is 228 g/mol. The fourth-order valence-corrected chi connectivity index (χ4v) is 2.29. The van der Waals surface area contributed by atoms with E-state index in [0.29, 0.717) is 0 Å². The summed E-state index contributed by atoms with van der Waals surface area (Å²) in [4.78, 5) is 0. The second-order valence-corrected chi connectivity index (χ2v) is 4.83. The van der Waals surface area contributed by atoms with Crippen LogP contribution in [0, 0.1) is 0 Å². The maximum atomic E-state index is 5.92.